The summed E-state index contributed by atoms with van der Waals surface area (Å²) in [4.78, 5) is 4.55. The van der Waals surface area contributed by atoms with E-state index < -0.39 is 0 Å². The van der Waals surface area contributed by atoms with Gasteiger partial charge < -0.3 is 5.32 Å². The zero-order valence-electron chi connectivity index (χ0n) is 12.6. The highest BCUT2D eigenvalue weighted by atomic mass is 32.2. The fraction of sp³-hybridized carbons (Fsp3) is 0.688. The first-order valence-electron chi connectivity index (χ1n) is 7.21. The maximum atomic E-state index is 4.55. The molecule has 0 aliphatic heterocycles. The average molecular weight is 278 g/mol. The van der Waals surface area contributed by atoms with E-state index in [-0.39, 0.29) is 5.41 Å². The van der Waals surface area contributed by atoms with E-state index in [0.29, 0.717) is 4.75 Å². The van der Waals surface area contributed by atoms with Gasteiger partial charge in [-0.2, -0.15) is 11.8 Å². The van der Waals surface area contributed by atoms with Crippen molar-refractivity contribution in [3.8, 4) is 0 Å². The Hall–Kier alpha value is -0.700. The van der Waals surface area contributed by atoms with Gasteiger partial charge >= 0.3 is 0 Å². The summed E-state index contributed by atoms with van der Waals surface area (Å²) in [6.45, 7) is 7.70. The monoisotopic (exact) mass is 278 g/mol. The second-order valence-electron chi connectivity index (χ2n) is 6.63. The highest BCUT2D eigenvalue weighted by Gasteiger charge is 2.32. The molecule has 1 fully saturated rings. The molecule has 1 aliphatic carbocycles. The minimum Gasteiger partial charge on any atom is -0.369 e. The van der Waals surface area contributed by atoms with E-state index in [4.69, 9.17) is 0 Å². The summed E-state index contributed by atoms with van der Waals surface area (Å²) >= 11 is 2.02. The van der Waals surface area contributed by atoms with Crippen molar-refractivity contribution >= 4 is 17.6 Å². The van der Waals surface area contributed by atoms with Crippen LogP contribution in [0.25, 0.3) is 0 Å². The molecule has 1 N–H and O–H groups in total. The maximum Gasteiger partial charge on any atom is 0.125 e. The van der Waals surface area contributed by atoms with Crippen molar-refractivity contribution < 1.29 is 0 Å². The van der Waals surface area contributed by atoms with Crippen LogP contribution in [0.4, 0.5) is 5.82 Å². The molecule has 0 bridgehead atoms. The van der Waals surface area contributed by atoms with Gasteiger partial charge in [0, 0.05) is 17.5 Å². The van der Waals surface area contributed by atoms with E-state index in [2.05, 4.69) is 49.5 Å². The Balaban J connectivity index is 1.96. The van der Waals surface area contributed by atoms with Crippen molar-refractivity contribution in [1.29, 1.82) is 0 Å². The second-order valence-corrected chi connectivity index (χ2v) is 7.90. The van der Waals surface area contributed by atoms with Crippen molar-refractivity contribution in [3.63, 3.8) is 0 Å². The predicted octanol–water partition coefficient (Wildman–Crippen LogP) is 4.47. The summed E-state index contributed by atoms with van der Waals surface area (Å²) in [7, 11) is 0. The summed E-state index contributed by atoms with van der Waals surface area (Å²) in [6.07, 6.45) is 9.66. The second kappa shape index (κ2) is 5.74. The Morgan fingerprint density at radius 1 is 1.26 bits per heavy atom. The van der Waals surface area contributed by atoms with E-state index in [9.17, 15) is 0 Å². The SMILES string of the molecule is CSC1(CNc2ccc(C(C)(C)C)cn2)CCCC1. The van der Waals surface area contributed by atoms with Gasteiger partial charge in [-0.1, -0.05) is 39.7 Å². The average Bonchev–Trinajstić information content (AvgIpc) is 2.85. The van der Waals surface area contributed by atoms with Crippen LogP contribution < -0.4 is 5.32 Å². The van der Waals surface area contributed by atoms with Gasteiger partial charge in [-0.05, 0) is 36.1 Å². The molecule has 0 unspecified atom stereocenters. The Morgan fingerprint density at radius 3 is 2.42 bits per heavy atom. The first-order valence-corrected chi connectivity index (χ1v) is 8.43. The van der Waals surface area contributed by atoms with Gasteiger partial charge in [0.1, 0.15) is 5.82 Å². The number of pyridine rings is 1. The van der Waals surface area contributed by atoms with Crippen LogP contribution in [-0.2, 0) is 5.41 Å². The molecule has 3 heteroatoms. The van der Waals surface area contributed by atoms with Crippen LogP contribution in [0.15, 0.2) is 18.3 Å². The number of anilines is 1. The third-order valence-electron chi connectivity index (χ3n) is 4.17. The van der Waals surface area contributed by atoms with Gasteiger partial charge in [0.05, 0.1) is 0 Å². The number of nitrogens with zero attached hydrogens (tertiary/aromatic N) is 1. The molecule has 19 heavy (non-hydrogen) atoms. The topological polar surface area (TPSA) is 24.9 Å². The zero-order chi connectivity index (χ0) is 13.9. The van der Waals surface area contributed by atoms with Crippen LogP contribution >= 0.6 is 11.8 Å². The highest BCUT2D eigenvalue weighted by Crippen LogP contribution is 2.40. The van der Waals surface area contributed by atoms with Gasteiger partial charge in [0.25, 0.3) is 0 Å². The third kappa shape index (κ3) is 3.65. The van der Waals surface area contributed by atoms with Crippen LogP contribution in [0.3, 0.4) is 0 Å². The molecule has 0 atom stereocenters. The van der Waals surface area contributed by atoms with E-state index in [0.717, 1.165) is 12.4 Å². The van der Waals surface area contributed by atoms with Crippen molar-refractivity contribution in [2.24, 2.45) is 0 Å². The fourth-order valence-corrected chi connectivity index (χ4v) is 3.58. The predicted molar refractivity (Wildman–Crippen MR) is 86.1 cm³/mol. The molecule has 1 aromatic rings. The molecule has 2 rings (SSSR count). The van der Waals surface area contributed by atoms with Crippen molar-refractivity contribution in [2.75, 3.05) is 18.1 Å². The van der Waals surface area contributed by atoms with Crippen LogP contribution in [0.2, 0.25) is 0 Å². The third-order valence-corrected chi connectivity index (χ3v) is 5.59. The standard InChI is InChI=1S/C16H26N2S/c1-15(2,3)13-7-8-14(17-11-13)18-12-16(19-4)9-5-6-10-16/h7-8,11H,5-6,9-10,12H2,1-4H3,(H,17,18). The number of nitrogens with one attached hydrogen (secondary N) is 1. The molecule has 0 amide bonds. The molecular formula is C16H26N2S. The summed E-state index contributed by atoms with van der Waals surface area (Å²) in [5.74, 6) is 1.01. The first-order chi connectivity index (χ1) is 8.95. The molecule has 1 heterocycles. The number of thioether (sulfide) groups is 1. The molecular weight excluding hydrogens is 252 g/mol. The molecule has 0 spiro atoms. The van der Waals surface area contributed by atoms with Crippen molar-refractivity contribution in [3.05, 3.63) is 23.9 Å². The molecule has 1 saturated carbocycles. The van der Waals surface area contributed by atoms with Crippen LogP contribution in [0.1, 0.15) is 52.0 Å². The van der Waals surface area contributed by atoms with Gasteiger partial charge in [-0.25, -0.2) is 4.98 Å². The van der Waals surface area contributed by atoms with Gasteiger partial charge in [0.2, 0.25) is 0 Å². The molecule has 0 saturated heterocycles. The van der Waals surface area contributed by atoms with Crippen LogP contribution in [0, 0.1) is 0 Å². The summed E-state index contributed by atoms with van der Waals surface area (Å²) in [5.41, 5.74) is 1.47. The van der Waals surface area contributed by atoms with Crippen molar-refractivity contribution in [1.82, 2.24) is 4.98 Å². The Kier molecular flexibility index (Phi) is 4.44. The van der Waals surface area contributed by atoms with E-state index in [1.807, 2.05) is 18.0 Å². The van der Waals surface area contributed by atoms with Crippen molar-refractivity contribution in [2.45, 2.75) is 56.6 Å². The molecule has 106 valence electrons. The van der Waals surface area contributed by atoms with Crippen LogP contribution in [0.5, 0.6) is 0 Å². The summed E-state index contributed by atoms with van der Waals surface area (Å²) < 4.78 is 0.435. The number of hydrogen-bond donors (Lipinski definition) is 1. The number of aromatic nitrogens is 1. The molecule has 0 aromatic carbocycles. The van der Waals surface area contributed by atoms with E-state index in [1.165, 1.54) is 31.2 Å². The molecule has 0 radical (unpaired) electrons. The fourth-order valence-electron chi connectivity index (χ4n) is 2.67. The summed E-state index contributed by atoms with van der Waals surface area (Å²) in [5, 5.41) is 3.53. The smallest absolute Gasteiger partial charge is 0.125 e. The van der Waals surface area contributed by atoms with Gasteiger partial charge in [-0.3, -0.25) is 0 Å². The Morgan fingerprint density at radius 2 is 1.95 bits per heavy atom. The molecule has 1 aliphatic rings. The lowest BCUT2D eigenvalue weighted by atomic mass is 9.88. The van der Waals surface area contributed by atoms with E-state index in [1.54, 1.807) is 0 Å². The lowest BCUT2D eigenvalue weighted by molar-refractivity contribution is 0.587. The highest BCUT2D eigenvalue weighted by molar-refractivity contribution is 8.00. The van der Waals surface area contributed by atoms with Gasteiger partial charge in [-0.15, -0.1) is 0 Å². The number of rotatable bonds is 4. The lowest BCUT2D eigenvalue weighted by Gasteiger charge is -2.27. The number of hydrogen-bond acceptors (Lipinski definition) is 3. The normalized spacial score (nSPS) is 18.5. The maximum absolute atomic E-state index is 4.55. The van der Waals surface area contributed by atoms with Crippen LogP contribution in [-0.4, -0.2) is 22.5 Å². The van der Waals surface area contributed by atoms with E-state index >= 15 is 0 Å². The zero-order valence-corrected chi connectivity index (χ0v) is 13.4. The quantitative estimate of drug-likeness (QED) is 0.879. The first kappa shape index (κ1) is 14.7. The summed E-state index contributed by atoms with van der Waals surface area (Å²) in [6, 6.07) is 4.30. The lowest BCUT2D eigenvalue weighted by Crippen LogP contribution is -2.30. The molecule has 2 nitrogen and oxygen atoms in total. The minimum atomic E-state index is 0.178. The largest absolute Gasteiger partial charge is 0.369 e. The minimum absolute atomic E-state index is 0.178. The van der Waals surface area contributed by atoms with Gasteiger partial charge in [0.15, 0.2) is 0 Å². The Bertz CT molecular complexity index is 400. The molecule has 1 aromatic heterocycles. The Labute approximate surface area is 121 Å².